The molecule has 234 valence electrons. The van der Waals surface area contributed by atoms with Crippen molar-refractivity contribution < 1.29 is 71.7 Å². The number of rotatable bonds is 12. The van der Waals surface area contributed by atoms with E-state index in [0.717, 1.165) is 16.8 Å². The van der Waals surface area contributed by atoms with Crippen LogP contribution in [-0.4, -0.2) is 115 Å². The molecule has 11 atom stereocenters. The number of H-pyrrole nitrogens is 1. The van der Waals surface area contributed by atoms with Crippen molar-refractivity contribution in [3.8, 4) is 0 Å². The number of nitrogens with one attached hydrogen (secondary N) is 2. The lowest BCUT2D eigenvalue weighted by Crippen LogP contribution is -2.59. The number of nitrogens with zero attached hydrogens (tertiary/aromatic N) is 1. The average Bonchev–Trinajstić information content (AvgIpc) is 3.15. The maximum absolute atomic E-state index is 12.5. The van der Waals surface area contributed by atoms with Gasteiger partial charge in [0.2, 0.25) is 0 Å². The van der Waals surface area contributed by atoms with Gasteiger partial charge in [-0.3, -0.25) is 28.2 Å². The first-order valence-electron chi connectivity index (χ1n) is 11.9. The zero-order valence-electron chi connectivity index (χ0n) is 21.5. The SMILES string of the molecule is COCCNC(=O)C1O[C@H](OP(=O)(O)OP(=O)(O)OC[C@H]2O[C@@H](n3ccc(=O)[nH]c3=O)C(O)[C@H]2O)C(C)[C@@H](O)[C@@H]1O. The molecule has 2 saturated heterocycles. The van der Waals surface area contributed by atoms with Crippen LogP contribution in [0.15, 0.2) is 21.9 Å². The fourth-order valence-corrected chi connectivity index (χ4v) is 6.14. The largest absolute Gasteiger partial charge is 0.483 e. The zero-order chi connectivity index (χ0) is 30.7. The summed E-state index contributed by atoms with van der Waals surface area (Å²) < 4.78 is 54.5. The van der Waals surface area contributed by atoms with Gasteiger partial charge in [-0.2, -0.15) is 4.31 Å². The van der Waals surface area contributed by atoms with Crippen LogP contribution in [0.1, 0.15) is 13.2 Å². The highest BCUT2D eigenvalue weighted by atomic mass is 31.3. The Bertz CT molecular complexity index is 1270. The minimum absolute atomic E-state index is 0.00447. The van der Waals surface area contributed by atoms with Crippen LogP contribution < -0.4 is 16.6 Å². The van der Waals surface area contributed by atoms with Crippen LogP contribution in [0.3, 0.4) is 0 Å². The molecular weight excluding hydrogens is 604 g/mol. The Hall–Kier alpha value is -1.87. The number of aromatic amines is 1. The average molecular weight is 635 g/mol. The Morgan fingerprint density at radius 1 is 1.07 bits per heavy atom. The van der Waals surface area contributed by atoms with E-state index in [1.165, 1.54) is 14.0 Å². The fraction of sp³-hybridized carbons (Fsp3) is 0.737. The highest BCUT2D eigenvalue weighted by Gasteiger charge is 2.50. The smallest absolute Gasteiger partial charge is 0.390 e. The number of amides is 1. The second kappa shape index (κ2) is 13.6. The van der Waals surface area contributed by atoms with Crippen molar-refractivity contribution in [2.75, 3.05) is 26.9 Å². The van der Waals surface area contributed by atoms with Crippen molar-refractivity contribution in [2.45, 2.75) is 56.1 Å². The molecule has 0 aliphatic carbocycles. The number of aromatic nitrogens is 2. The molecule has 5 unspecified atom stereocenters. The number of aliphatic hydroxyl groups is 4. The molecule has 1 aromatic heterocycles. The van der Waals surface area contributed by atoms with Crippen molar-refractivity contribution in [1.29, 1.82) is 0 Å². The molecule has 1 amide bonds. The number of carbonyl (C=O) groups is 1. The molecule has 1 aromatic rings. The number of hydrogen-bond acceptors (Lipinski definition) is 15. The van der Waals surface area contributed by atoms with E-state index in [1.807, 2.05) is 4.98 Å². The number of hydrogen-bond donors (Lipinski definition) is 8. The van der Waals surface area contributed by atoms with E-state index in [9.17, 15) is 53.7 Å². The van der Waals surface area contributed by atoms with E-state index in [1.54, 1.807) is 0 Å². The van der Waals surface area contributed by atoms with E-state index in [0.29, 0.717) is 0 Å². The summed E-state index contributed by atoms with van der Waals surface area (Å²) in [5, 5.41) is 43.2. The third-order valence-corrected chi connectivity index (χ3v) is 8.68. The molecule has 2 fully saturated rings. The Morgan fingerprint density at radius 2 is 1.76 bits per heavy atom. The Morgan fingerprint density at radius 3 is 2.39 bits per heavy atom. The summed E-state index contributed by atoms with van der Waals surface area (Å²) in [4.78, 5) is 57.5. The van der Waals surface area contributed by atoms with Gasteiger partial charge in [-0.15, -0.1) is 0 Å². The first-order valence-corrected chi connectivity index (χ1v) is 14.9. The summed E-state index contributed by atoms with van der Waals surface area (Å²) >= 11 is 0. The maximum Gasteiger partial charge on any atom is 0.483 e. The summed E-state index contributed by atoms with van der Waals surface area (Å²) in [5.41, 5.74) is -1.73. The molecule has 20 nitrogen and oxygen atoms in total. The topological polar surface area (TPSA) is 295 Å². The van der Waals surface area contributed by atoms with E-state index < -0.39 is 94.5 Å². The lowest BCUT2D eigenvalue weighted by atomic mass is 9.92. The van der Waals surface area contributed by atoms with Crippen molar-refractivity contribution in [3.05, 3.63) is 33.1 Å². The lowest BCUT2D eigenvalue weighted by molar-refractivity contribution is -0.249. The van der Waals surface area contributed by atoms with E-state index in [-0.39, 0.29) is 13.2 Å². The van der Waals surface area contributed by atoms with Crippen LogP contribution in [0.5, 0.6) is 0 Å². The monoisotopic (exact) mass is 635 g/mol. The number of ether oxygens (including phenoxy) is 3. The van der Waals surface area contributed by atoms with Gasteiger partial charge in [0.05, 0.1) is 19.3 Å². The normalized spacial score (nSPS) is 35.0. The molecule has 3 rings (SSSR count). The summed E-state index contributed by atoms with van der Waals surface area (Å²) in [6.07, 6.45) is -12.8. The molecule has 2 aliphatic heterocycles. The van der Waals surface area contributed by atoms with Gasteiger partial charge in [0.1, 0.15) is 24.4 Å². The Kier molecular flexibility index (Phi) is 11.2. The molecule has 0 saturated carbocycles. The van der Waals surface area contributed by atoms with Crippen LogP contribution >= 0.6 is 15.6 Å². The Labute approximate surface area is 230 Å². The molecule has 8 N–H and O–H groups in total. The molecule has 3 heterocycles. The van der Waals surface area contributed by atoms with Crippen molar-refractivity contribution in [1.82, 2.24) is 14.9 Å². The van der Waals surface area contributed by atoms with Gasteiger partial charge in [0.25, 0.3) is 11.5 Å². The molecule has 41 heavy (non-hydrogen) atoms. The van der Waals surface area contributed by atoms with E-state index in [4.69, 9.17) is 18.7 Å². The molecular formula is C19H31N3O17P2. The van der Waals surface area contributed by atoms with Crippen LogP contribution in [0.4, 0.5) is 0 Å². The highest BCUT2D eigenvalue weighted by molar-refractivity contribution is 7.61. The second-order valence-electron chi connectivity index (χ2n) is 9.03. The van der Waals surface area contributed by atoms with Gasteiger partial charge in [-0.1, -0.05) is 6.92 Å². The molecule has 0 radical (unpaired) electrons. The van der Waals surface area contributed by atoms with Crippen molar-refractivity contribution >= 4 is 21.6 Å². The number of methoxy groups -OCH3 is 1. The molecule has 0 spiro atoms. The predicted molar refractivity (Wildman–Crippen MR) is 130 cm³/mol. The molecule has 0 bridgehead atoms. The third-order valence-electron chi connectivity index (χ3n) is 6.08. The number of aliphatic hydroxyl groups excluding tert-OH is 4. The quantitative estimate of drug-likeness (QED) is 0.0808. The zero-order valence-corrected chi connectivity index (χ0v) is 23.3. The minimum Gasteiger partial charge on any atom is -0.390 e. The van der Waals surface area contributed by atoms with Gasteiger partial charge >= 0.3 is 21.3 Å². The van der Waals surface area contributed by atoms with Crippen LogP contribution in [0.2, 0.25) is 0 Å². The number of carbonyl (C=O) groups excluding carboxylic acids is 1. The highest BCUT2D eigenvalue weighted by Crippen LogP contribution is 2.61. The van der Waals surface area contributed by atoms with Gasteiger partial charge in [0, 0.05) is 31.8 Å². The minimum atomic E-state index is -5.55. The van der Waals surface area contributed by atoms with Crippen LogP contribution in [0.25, 0.3) is 0 Å². The van der Waals surface area contributed by atoms with Gasteiger partial charge < -0.3 is 49.7 Å². The van der Waals surface area contributed by atoms with Crippen molar-refractivity contribution in [3.63, 3.8) is 0 Å². The second-order valence-corrected chi connectivity index (χ2v) is 12.0. The molecule has 2 aliphatic rings. The van der Waals surface area contributed by atoms with Crippen LogP contribution in [0, 0.1) is 5.92 Å². The maximum atomic E-state index is 12.5. The van der Waals surface area contributed by atoms with E-state index in [2.05, 4.69) is 14.2 Å². The summed E-state index contributed by atoms with van der Waals surface area (Å²) in [5.74, 6) is -2.16. The van der Waals surface area contributed by atoms with Gasteiger partial charge in [0.15, 0.2) is 18.6 Å². The van der Waals surface area contributed by atoms with E-state index >= 15 is 0 Å². The summed E-state index contributed by atoms with van der Waals surface area (Å²) in [7, 11) is -9.65. The predicted octanol–water partition coefficient (Wildman–Crippen LogP) is -3.75. The van der Waals surface area contributed by atoms with Gasteiger partial charge in [-0.25, -0.2) is 13.9 Å². The van der Waals surface area contributed by atoms with Crippen LogP contribution in [-0.2, 0) is 41.5 Å². The first-order chi connectivity index (χ1) is 19.1. The van der Waals surface area contributed by atoms with Crippen molar-refractivity contribution in [2.24, 2.45) is 5.92 Å². The number of phosphoric ester groups is 2. The fourth-order valence-electron chi connectivity index (χ4n) is 3.91. The third kappa shape index (κ3) is 8.37. The summed E-state index contributed by atoms with van der Waals surface area (Å²) in [6, 6.07) is 0.939. The molecule has 0 aromatic carbocycles. The lowest BCUT2D eigenvalue weighted by Gasteiger charge is -2.40. The summed E-state index contributed by atoms with van der Waals surface area (Å²) in [6.45, 7) is 0.323. The van der Waals surface area contributed by atoms with Gasteiger partial charge in [-0.05, 0) is 0 Å². The first kappa shape index (κ1) is 33.6. The Balaban J connectivity index is 1.61. The standard InChI is InChI=1S/C19H31N3O17P2/c1-8-11(24)13(26)15(16(28)20-4-6-34-2)37-18(8)38-41(32,33)39-40(30,31)35-7-9-12(25)14(27)17(36-9)22-5-3-10(23)21-19(22)29/h3,5,8-9,11-15,17-18,24-27H,4,6-7H2,1-2H3,(H,20,28)(H,30,31)(H,32,33)(H,21,23,29)/t8?,9-,11-,12+,13+,14?,15?,17-,18-/m1/s1. The number of phosphoric acid groups is 2. The molecule has 22 heteroatoms.